The fourth-order valence-corrected chi connectivity index (χ4v) is 4.04. The number of fused-ring (bicyclic) bond motifs is 1. The van der Waals surface area contributed by atoms with Crippen LogP contribution < -0.4 is 0 Å². The Bertz CT molecular complexity index is 827. The molecule has 25 heavy (non-hydrogen) atoms. The van der Waals surface area contributed by atoms with Crippen LogP contribution in [0, 0.1) is 5.92 Å². The molecule has 130 valence electrons. The van der Waals surface area contributed by atoms with E-state index in [0.29, 0.717) is 25.4 Å². The number of para-hydroxylation sites is 1. The van der Waals surface area contributed by atoms with Crippen LogP contribution in [0.15, 0.2) is 35.4 Å². The topological polar surface area (TPSA) is 82.7 Å². The van der Waals surface area contributed by atoms with Gasteiger partial charge in [-0.2, -0.15) is 0 Å². The molecule has 8 heteroatoms. The molecule has 2 fully saturated rings. The SMILES string of the molecule is O=C(CSc1c[nH]c2ccccc12)N1CC(CN2C(=O)COC2=O)C1. The number of thioether (sulfide) groups is 1. The second kappa shape index (κ2) is 6.44. The van der Waals surface area contributed by atoms with Crippen LogP contribution in [0.5, 0.6) is 0 Å². The van der Waals surface area contributed by atoms with E-state index in [1.807, 2.05) is 30.5 Å². The lowest BCUT2D eigenvalue weighted by atomic mass is 9.99. The Morgan fingerprint density at radius 3 is 2.84 bits per heavy atom. The van der Waals surface area contributed by atoms with Gasteiger partial charge in [0.15, 0.2) is 6.61 Å². The van der Waals surface area contributed by atoms with E-state index in [1.54, 1.807) is 4.90 Å². The number of carbonyl (C=O) groups is 3. The molecule has 2 aliphatic heterocycles. The highest BCUT2D eigenvalue weighted by atomic mass is 32.2. The molecule has 0 aliphatic carbocycles. The third-order valence-electron chi connectivity index (χ3n) is 4.49. The third kappa shape index (κ3) is 3.09. The molecule has 0 atom stereocenters. The van der Waals surface area contributed by atoms with E-state index < -0.39 is 6.09 Å². The number of cyclic esters (lactones) is 1. The first kappa shape index (κ1) is 16.0. The number of aromatic nitrogens is 1. The van der Waals surface area contributed by atoms with Crippen LogP contribution in [0.4, 0.5) is 4.79 Å². The Morgan fingerprint density at radius 2 is 2.08 bits per heavy atom. The van der Waals surface area contributed by atoms with Gasteiger partial charge in [0.1, 0.15) is 0 Å². The van der Waals surface area contributed by atoms with Gasteiger partial charge in [0.2, 0.25) is 5.91 Å². The highest BCUT2D eigenvalue weighted by molar-refractivity contribution is 8.00. The number of hydrogen-bond donors (Lipinski definition) is 1. The summed E-state index contributed by atoms with van der Waals surface area (Å²) in [5, 5.41) is 1.12. The number of aromatic amines is 1. The number of carbonyl (C=O) groups excluding carboxylic acids is 3. The first-order valence-corrected chi connectivity index (χ1v) is 9.04. The van der Waals surface area contributed by atoms with Crippen LogP contribution in [-0.4, -0.2) is 64.7 Å². The summed E-state index contributed by atoms with van der Waals surface area (Å²) in [7, 11) is 0. The van der Waals surface area contributed by atoms with Crippen LogP contribution in [-0.2, 0) is 14.3 Å². The first-order chi connectivity index (χ1) is 12.1. The van der Waals surface area contributed by atoms with Gasteiger partial charge in [-0.1, -0.05) is 18.2 Å². The smallest absolute Gasteiger partial charge is 0.417 e. The quantitative estimate of drug-likeness (QED) is 0.822. The van der Waals surface area contributed by atoms with Crippen molar-refractivity contribution in [2.75, 3.05) is 32.0 Å². The molecule has 3 heterocycles. The molecule has 0 radical (unpaired) electrons. The number of nitrogens with zero attached hydrogens (tertiary/aromatic N) is 2. The zero-order chi connectivity index (χ0) is 17.4. The Hall–Kier alpha value is -2.48. The molecular formula is C17H17N3O4S. The third-order valence-corrected chi connectivity index (χ3v) is 5.53. The first-order valence-electron chi connectivity index (χ1n) is 8.05. The van der Waals surface area contributed by atoms with Crippen molar-refractivity contribution in [3.05, 3.63) is 30.5 Å². The van der Waals surface area contributed by atoms with Crippen molar-refractivity contribution in [2.24, 2.45) is 5.92 Å². The monoisotopic (exact) mass is 359 g/mol. The number of rotatable bonds is 5. The number of H-pyrrole nitrogens is 1. The molecule has 1 aromatic heterocycles. The van der Waals surface area contributed by atoms with Gasteiger partial charge in [-0.3, -0.25) is 9.59 Å². The summed E-state index contributed by atoms with van der Waals surface area (Å²) in [6.45, 7) is 1.31. The lowest BCUT2D eigenvalue weighted by Gasteiger charge is -2.40. The van der Waals surface area contributed by atoms with Gasteiger partial charge in [0, 0.05) is 47.5 Å². The Labute approximate surface area is 148 Å². The van der Waals surface area contributed by atoms with Gasteiger partial charge in [0.25, 0.3) is 5.91 Å². The summed E-state index contributed by atoms with van der Waals surface area (Å²) in [4.78, 5) is 42.4. The normalized spacial score (nSPS) is 17.9. The van der Waals surface area contributed by atoms with E-state index >= 15 is 0 Å². The van der Waals surface area contributed by atoms with Crippen LogP contribution in [0.2, 0.25) is 0 Å². The van der Waals surface area contributed by atoms with E-state index in [1.165, 1.54) is 11.8 Å². The van der Waals surface area contributed by atoms with E-state index in [4.69, 9.17) is 0 Å². The van der Waals surface area contributed by atoms with Gasteiger partial charge in [-0.25, -0.2) is 9.69 Å². The van der Waals surface area contributed by atoms with Crippen molar-refractivity contribution in [3.63, 3.8) is 0 Å². The summed E-state index contributed by atoms with van der Waals surface area (Å²) in [5.41, 5.74) is 1.06. The second-order valence-electron chi connectivity index (χ2n) is 6.21. The van der Waals surface area contributed by atoms with Crippen LogP contribution >= 0.6 is 11.8 Å². The summed E-state index contributed by atoms with van der Waals surface area (Å²) >= 11 is 1.52. The highest BCUT2D eigenvalue weighted by Gasteiger charge is 2.38. The predicted octanol–water partition coefficient (Wildman–Crippen LogP) is 1.70. The molecule has 1 N–H and O–H groups in total. The van der Waals surface area contributed by atoms with E-state index in [0.717, 1.165) is 20.7 Å². The van der Waals surface area contributed by atoms with Gasteiger partial charge in [-0.15, -0.1) is 11.8 Å². The molecule has 7 nitrogen and oxygen atoms in total. The number of hydrogen-bond acceptors (Lipinski definition) is 5. The zero-order valence-corrected chi connectivity index (χ0v) is 14.3. The van der Waals surface area contributed by atoms with E-state index in [2.05, 4.69) is 9.72 Å². The number of amides is 3. The van der Waals surface area contributed by atoms with Gasteiger partial charge in [0.05, 0.1) is 5.75 Å². The van der Waals surface area contributed by atoms with Gasteiger partial charge < -0.3 is 14.6 Å². The zero-order valence-electron chi connectivity index (χ0n) is 13.4. The van der Waals surface area contributed by atoms with Crippen LogP contribution in [0.25, 0.3) is 10.9 Å². The summed E-state index contributed by atoms with van der Waals surface area (Å²) in [5.74, 6) is 0.280. The minimum Gasteiger partial charge on any atom is -0.439 e. The van der Waals surface area contributed by atoms with E-state index in [-0.39, 0.29) is 24.3 Å². The van der Waals surface area contributed by atoms with Crippen molar-refractivity contribution >= 4 is 40.6 Å². The maximum absolute atomic E-state index is 12.3. The Balaban J connectivity index is 1.26. The molecule has 3 amide bonds. The number of ether oxygens (including phenoxy) is 1. The lowest BCUT2D eigenvalue weighted by Crippen LogP contribution is -2.54. The lowest BCUT2D eigenvalue weighted by molar-refractivity contribution is -0.135. The molecule has 2 saturated heterocycles. The molecule has 2 aromatic rings. The fourth-order valence-electron chi connectivity index (χ4n) is 3.10. The van der Waals surface area contributed by atoms with Crippen molar-refractivity contribution in [3.8, 4) is 0 Å². The Morgan fingerprint density at radius 1 is 1.28 bits per heavy atom. The van der Waals surface area contributed by atoms with Gasteiger partial charge in [-0.05, 0) is 6.07 Å². The number of likely N-dealkylation sites (tertiary alicyclic amines) is 1. The van der Waals surface area contributed by atoms with Crippen molar-refractivity contribution in [2.45, 2.75) is 4.90 Å². The standard InChI is InChI=1S/C17H17N3O4S/c21-15-9-24-17(23)20(15)8-11-6-19(7-11)16(22)10-25-14-5-18-13-4-2-1-3-12(13)14/h1-5,11,18H,6-10H2. The predicted molar refractivity (Wildman–Crippen MR) is 92.2 cm³/mol. The van der Waals surface area contributed by atoms with Crippen LogP contribution in [0.3, 0.4) is 0 Å². The fraction of sp³-hybridized carbons (Fsp3) is 0.353. The maximum atomic E-state index is 12.3. The van der Waals surface area contributed by atoms with Crippen molar-refractivity contribution in [1.82, 2.24) is 14.8 Å². The summed E-state index contributed by atoms with van der Waals surface area (Å²) < 4.78 is 4.69. The molecule has 0 unspecified atom stereocenters. The van der Waals surface area contributed by atoms with Crippen molar-refractivity contribution in [1.29, 1.82) is 0 Å². The molecule has 0 saturated carbocycles. The average molecular weight is 359 g/mol. The minimum absolute atomic E-state index is 0.0712. The molecular weight excluding hydrogens is 342 g/mol. The number of nitrogens with one attached hydrogen (secondary N) is 1. The molecule has 1 aromatic carbocycles. The van der Waals surface area contributed by atoms with Gasteiger partial charge >= 0.3 is 6.09 Å². The maximum Gasteiger partial charge on any atom is 0.417 e. The summed E-state index contributed by atoms with van der Waals surface area (Å²) in [6, 6.07) is 7.99. The van der Waals surface area contributed by atoms with E-state index in [9.17, 15) is 14.4 Å². The highest BCUT2D eigenvalue weighted by Crippen LogP contribution is 2.28. The summed E-state index contributed by atoms with van der Waals surface area (Å²) in [6.07, 6.45) is 1.34. The largest absolute Gasteiger partial charge is 0.439 e. The second-order valence-corrected chi connectivity index (χ2v) is 7.23. The molecule has 4 rings (SSSR count). The molecule has 0 bridgehead atoms. The van der Waals surface area contributed by atoms with Crippen LogP contribution in [0.1, 0.15) is 0 Å². The number of benzene rings is 1. The Kier molecular flexibility index (Phi) is 4.12. The minimum atomic E-state index is -0.579. The number of imide groups is 1. The average Bonchev–Trinajstić information content (AvgIpc) is 3.13. The molecule has 0 spiro atoms. The van der Waals surface area contributed by atoms with Crippen molar-refractivity contribution < 1.29 is 19.1 Å². The molecule has 2 aliphatic rings.